The second kappa shape index (κ2) is 9.16. The molecule has 2 saturated heterocycles. The molecular weight excluding hydrogens is 302 g/mol. The van der Waals surface area contributed by atoms with E-state index in [9.17, 15) is 4.79 Å². The standard InChI is InChI=1S/C19H35N3O2/c23-18(5-4-17-6-10-20-11-7-17)21-16-19(8-2-1-3-9-19)22-12-14-24-15-13-22/h17,20H,1-16H2,(H,21,23). The predicted octanol–water partition coefficient (Wildman–Crippen LogP) is 1.92. The van der Waals surface area contributed by atoms with Crippen LogP contribution in [0, 0.1) is 5.92 Å². The van der Waals surface area contributed by atoms with Crippen molar-refractivity contribution < 1.29 is 9.53 Å². The van der Waals surface area contributed by atoms with Crippen molar-refractivity contribution in [2.75, 3.05) is 45.9 Å². The molecule has 2 aliphatic heterocycles. The van der Waals surface area contributed by atoms with Crippen LogP contribution in [0.1, 0.15) is 57.8 Å². The van der Waals surface area contributed by atoms with E-state index in [0.29, 0.717) is 6.42 Å². The number of nitrogens with zero attached hydrogens (tertiary/aromatic N) is 1. The minimum atomic E-state index is 0.187. The van der Waals surface area contributed by atoms with Crippen LogP contribution in [0.25, 0.3) is 0 Å². The molecule has 0 bridgehead atoms. The number of piperidine rings is 1. The Kier molecular flexibility index (Phi) is 6.93. The van der Waals surface area contributed by atoms with Crippen molar-refractivity contribution in [3.8, 4) is 0 Å². The van der Waals surface area contributed by atoms with Crippen molar-refractivity contribution in [3.05, 3.63) is 0 Å². The van der Waals surface area contributed by atoms with Gasteiger partial charge in [-0.2, -0.15) is 0 Å². The zero-order chi connectivity index (χ0) is 16.7. The monoisotopic (exact) mass is 337 g/mol. The first-order chi connectivity index (χ1) is 11.8. The van der Waals surface area contributed by atoms with Crippen LogP contribution >= 0.6 is 0 Å². The molecule has 1 amide bonds. The lowest BCUT2D eigenvalue weighted by molar-refractivity contribution is -0.122. The lowest BCUT2D eigenvalue weighted by Crippen LogP contribution is -2.59. The van der Waals surface area contributed by atoms with E-state index in [-0.39, 0.29) is 11.4 Å². The van der Waals surface area contributed by atoms with Gasteiger partial charge in [-0.1, -0.05) is 19.3 Å². The Bertz CT molecular complexity index is 384. The molecule has 0 spiro atoms. The molecule has 2 N–H and O–H groups in total. The molecule has 0 aromatic heterocycles. The van der Waals surface area contributed by atoms with Crippen LogP contribution in [0.4, 0.5) is 0 Å². The lowest BCUT2D eigenvalue weighted by Gasteiger charge is -2.48. The van der Waals surface area contributed by atoms with Gasteiger partial charge in [-0.05, 0) is 51.1 Å². The van der Waals surface area contributed by atoms with E-state index in [1.807, 2.05) is 0 Å². The van der Waals surface area contributed by atoms with E-state index in [1.54, 1.807) is 0 Å². The Labute approximate surface area is 146 Å². The molecule has 0 aromatic carbocycles. The number of carbonyl (C=O) groups excluding carboxylic acids is 1. The zero-order valence-corrected chi connectivity index (χ0v) is 15.2. The summed E-state index contributed by atoms with van der Waals surface area (Å²) in [6.07, 6.45) is 10.6. The average molecular weight is 338 g/mol. The van der Waals surface area contributed by atoms with Gasteiger partial charge in [0, 0.05) is 31.6 Å². The number of hydrogen-bond donors (Lipinski definition) is 2. The summed E-state index contributed by atoms with van der Waals surface area (Å²) < 4.78 is 5.53. The number of amides is 1. The first kappa shape index (κ1) is 18.2. The second-order valence-electron chi connectivity index (χ2n) is 7.89. The van der Waals surface area contributed by atoms with Crippen LogP contribution < -0.4 is 10.6 Å². The summed E-state index contributed by atoms with van der Waals surface area (Å²) in [5, 5.41) is 6.69. The highest BCUT2D eigenvalue weighted by Crippen LogP contribution is 2.34. The molecule has 0 aromatic rings. The summed E-state index contributed by atoms with van der Waals surface area (Å²) in [6.45, 7) is 6.78. The van der Waals surface area contributed by atoms with Gasteiger partial charge >= 0.3 is 0 Å². The van der Waals surface area contributed by atoms with Crippen molar-refractivity contribution in [2.45, 2.75) is 63.3 Å². The first-order valence-corrected chi connectivity index (χ1v) is 10.1. The molecule has 1 saturated carbocycles. The highest BCUT2D eigenvalue weighted by molar-refractivity contribution is 5.75. The van der Waals surface area contributed by atoms with Gasteiger partial charge in [0.1, 0.15) is 0 Å². The predicted molar refractivity (Wildman–Crippen MR) is 96.0 cm³/mol. The van der Waals surface area contributed by atoms with E-state index in [2.05, 4.69) is 15.5 Å². The summed E-state index contributed by atoms with van der Waals surface area (Å²) in [5.74, 6) is 0.992. The fraction of sp³-hybridized carbons (Fsp3) is 0.947. The van der Waals surface area contributed by atoms with Crippen molar-refractivity contribution in [1.29, 1.82) is 0 Å². The molecule has 3 fully saturated rings. The topological polar surface area (TPSA) is 53.6 Å². The maximum absolute atomic E-state index is 12.4. The van der Waals surface area contributed by atoms with Crippen molar-refractivity contribution in [1.82, 2.24) is 15.5 Å². The third-order valence-electron chi connectivity index (χ3n) is 6.32. The molecule has 0 radical (unpaired) electrons. The average Bonchev–Trinajstić information content (AvgIpc) is 2.67. The van der Waals surface area contributed by atoms with Gasteiger partial charge in [0.2, 0.25) is 5.91 Å². The summed E-state index contributed by atoms with van der Waals surface area (Å²) in [7, 11) is 0. The van der Waals surface area contributed by atoms with Crippen LogP contribution in [-0.4, -0.2) is 62.3 Å². The third kappa shape index (κ3) is 4.93. The highest BCUT2D eigenvalue weighted by Gasteiger charge is 2.38. The molecular formula is C19H35N3O2. The zero-order valence-electron chi connectivity index (χ0n) is 15.2. The van der Waals surface area contributed by atoms with Gasteiger partial charge < -0.3 is 15.4 Å². The number of nitrogens with one attached hydrogen (secondary N) is 2. The van der Waals surface area contributed by atoms with E-state index in [1.165, 1.54) is 44.9 Å². The molecule has 0 atom stereocenters. The van der Waals surface area contributed by atoms with E-state index >= 15 is 0 Å². The van der Waals surface area contributed by atoms with E-state index in [4.69, 9.17) is 4.74 Å². The summed E-state index contributed by atoms with van der Waals surface area (Å²) in [6, 6.07) is 0. The quantitative estimate of drug-likeness (QED) is 0.777. The van der Waals surface area contributed by atoms with Gasteiger partial charge in [0.15, 0.2) is 0 Å². The van der Waals surface area contributed by atoms with Gasteiger partial charge in [-0.3, -0.25) is 9.69 Å². The SMILES string of the molecule is O=C(CCC1CCNCC1)NCC1(N2CCOCC2)CCCCC1. The lowest BCUT2D eigenvalue weighted by atomic mass is 9.79. The minimum absolute atomic E-state index is 0.187. The van der Waals surface area contributed by atoms with Crippen molar-refractivity contribution in [3.63, 3.8) is 0 Å². The molecule has 24 heavy (non-hydrogen) atoms. The third-order valence-corrected chi connectivity index (χ3v) is 6.32. The van der Waals surface area contributed by atoms with Crippen LogP contribution in [-0.2, 0) is 9.53 Å². The number of morpholine rings is 1. The van der Waals surface area contributed by atoms with E-state index in [0.717, 1.165) is 58.3 Å². The number of hydrogen-bond acceptors (Lipinski definition) is 4. The van der Waals surface area contributed by atoms with Gasteiger partial charge in [0.25, 0.3) is 0 Å². The molecule has 3 rings (SSSR count). The van der Waals surface area contributed by atoms with E-state index < -0.39 is 0 Å². The van der Waals surface area contributed by atoms with Crippen molar-refractivity contribution >= 4 is 5.91 Å². The summed E-state index contributed by atoms with van der Waals surface area (Å²) in [5.41, 5.74) is 0.187. The van der Waals surface area contributed by atoms with Gasteiger partial charge in [-0.15, -0.1) is 0 Å². The molecule has 1 aliphatic carbocycles. The smallest absolute Gasteiger partial charge is 0.220 e. The summed E-state index contributed by atoms with van der Waals surface area (Å²) in [4.78, 5) is 15.0. The number of ether oxygens (including phenoxy) is 1. The second-order valence-corrected chi connectivity index (χ2v) is 7.89. The maximum atomic E-state index is 12.4. The Morgan fingerprint density at radius 1 is 1.12 bits per heavy atom. The Balaban J connectivity index is 1.46. The maximum Gasteiger partial charge on any atom is 0.220 e. The first-order valence-electron chi connectivity index (χ1n) is 10.1. The summed E-state index contributed by atoms with van der Waals surface area (Å²) >= 11 is 0. The Morgan fingerprint density at radius 2 is 1.83 bits per heavy atom. The molecule has 3 aliphatic rings. The molecule has 0 unspecified atom stereocenters. The minimum Gasteiger partial charge on any atom is -0.379 e. The number of carbonyl (C=O) groups is 1. The Morgan fingerprint density at radius 3 is 2.54 bits per heavy atom. The fourth-order valence-electron chi connectivity index (χ4n) is 4.71. The largest absolute Gasteiger partial charge is 0.379 e. The van der Waals surface area contributed by atoms with Crippen LogP contribution in [0.2, 0.25) is 0 Å². The van der Waals surface area contributed by atoms with Gasteiger partial charge in [-0.25, -0.2) is 0 Å². The fourth-order valence-corrected chi connectivity index (χ4v) is 4.71. The van der Waals surface area contributed by atoms with Crippen LogP contribution in [0.3, 0.4) is 0 Å². The normalized spacial score (nSPS) is 26.2. The molecule has 5 heteroatoms. The Hall–Kier alpha value is -0.650. The van der Waals surface area contributed by atoms with Crippen LogP contribution in [0.5, 0.6) is 0 Å². The van der Waals surface area contributed by atoms with Crippen molar-refractivity contribution in [2.24, 2.45) is 5.92 Å². The number of rotatable bonds is 6. The van der Waals surface area contributed by atoms with Gasteiger partial charge in [0.05, 0.1) is 13.2 Å². The van der Waals surface area contributed by atoms with Crippen LogP contribution in [0.15, 0.2) is 0 Å². The molecule has 138 valence electrons. The molecule has 2 heterocycles. The highest BCUT2D eigenvalue weighted by atomic mass is 16.5. The molecule has 5 nitrogen and oxygen atoms in total.